The highest BCUT2D eigenvalue weighted by Gasteiger charge is 2.18. The van der Waals surface area contributed by atoms with Gasteiger partial charge in [0.2, 0.25) is 0 Å². The van der Waals surface area contributed by atoms with Crippen LogP contribution in [-0.2, 0) is 0 Å². The zero-order valence-corrected chi connectivity index (χ0v) is 9.97. The van der Waals surface area contributed by atoms with E-state index in [1.165, 1.54) is 57.3 Å². The van der Waals surface area contributed by atoms with Gasteiger partial charge in [0, 0.05) is 19.5 Å². The lowest BCUT2D eigenvalue weighted by Crippen LogP contribution is -2.32. The van der Waals surface area contributed by atoms with E-state index in [4.69, 9.17) is 0 Å². The van der Waals surface area contributed by atoms with Gasteiger partial charge in [0.25, 0.3) is 0 Å². The number of amidine groups is 1. The van der Waals surface area contributed by atoms with Crippen molar-refractivity contribution in [3.63, 3.8) is 0 Å². The zero-order chi connectivity index (χ0) is 10.5. The molecular formula is C13H24N2. The van der Waals surface area contributed by atoms with Crippen LogP contribution in [0, 0.1) is 11.8 Å². The molecule has 2 atom stereocenters. The Morgan fingerprint density at radius 1 is 1.27 bits per heavy atom. The van der Waals surface area contributed by atoms with E-state index in [0.29, 0.717) is 0 Å². The van der Waals surface area contributed by atoms with E-state index >= 15 is 0 Å². The Morgan fingerprint density at radius 2 is 2.20 bits per heavy atom. The number of aliphatic imine (C=N–C) groups is 1. The van der Waals surface area contributed by atoms with E-state index in [0.717, 1.165) is 18.4 Å². The van der Waals surface area contributed by atoms with E-state index in [9.17, 15) is 0 Å². The molecule has 86 valence electrons. The second-order valence-electron chi connectivity index (χ2n) is 5.30. The van der Waals surface area contributed by atoms with Crippen molar-refractivity contribution >= 4 is 5.84 Å². The third-order valence-corrected chi connectivity index (χ3v) is 3.76. The van der Waals surface area contributed by atoms with Crippen LogP contribution in [0.2, 0.25) is 0 Å². The monoisotopic (exact) mass is 208 g/mol. The summed E-state index contributed by atoms with van der Waals surface area (Å²) in [4.78, 5) is 4.54. The van der Waals surface area contributed by atoms with Crippen molar-refractivity contribution in [2.24, 2.45) is 16.8 Å². The molecule has 1 N–H and O–H groups in total. The highest BCUT2D eigenvalue weighted by atomic mass is 15.0. The molecule has 1 aliphatic carbocycles. The fourth-order valence-corrected chi connectivity index (χ4v) is 2.85. The molecule has 0 amide bonds. The predicted molar refractivity (Wildman–Crippen MR) is 65.3 cm³/mol. The van der Waals surface area contributed by atoms with Crippen LogP contribution in [0.4, 0.5) is 0 Å². The molecule has 1 fully saturated rings. The maximum atomic E-state index is 4.54. The number of nitrogens with one attached hydrogen (secondary N) is 1. The summed E-state index contributed by atoms with van der Waals surface area (Å²) in [6.07, 6.45) is 9.50. The van der Waals surface area contributed by atoms with Crippen molar-refractivity contribution in [2.75, 3.05) is 13.1 Å². The van der Waals surface area contributed by atoms with Crippen molar-refractivity contribution in [3.05, 3.63) is 0 Å². The summed E-state index contributed by atoms with van der Waals surface area (Å²) in [5.41, 5.74) is 0. The molecular weight excluding hydrogens is 184 g/mol. The van der Waals surface area contributed by atoms with Gasteiger partial charge in [-0.25, -0.2) is 0 Å². The summed E-state index contributed by atoms with van der Waals surface area (Å²) in [5, 5.41) is 3.56. The molecule has 2 heteroatoms. The van der Waals surface area contributed by atoms with E-state index in [1.54, 1.807) is 0 Å². The quantitative estimate of drug-likeness (QED) is 0.741. The first-order valence-corrected chi connectivity index (χ1v) is 6.62. The van der Waals surface area contributed by atoms with Gasteiger partial charge in [-0.15, -0.1) is 0 Å². The number of hydrogen-bond donors (Lipinski definition) is 1. The Balaban J connectivity index is 1.70. The third-order valence-electron chi connectivity index (χ3n) is 3.76. The maximum Gasteiger partial charge on any atom is 0.0963 e. The minimum absolute atomic E-state index is 0.901. The first-order valence-electron chi connectivity index (χ1n) is 6.62. The molecule has 2 aliphatic rings. The first kappa shape index (κ1) is 11.0. The smallest absolute Gasteiger partial charge is 0.0963 e. The van der Waals surface area contributed by atoms with Gasteiger partial charge in [-0.2, -0.15) is 0 Å². The van der Waals surface area contributed by atoms with Crippen LogP contribution >= 0.6 is 0 Å². The first-order chi connectivity index (χ1) is 7.34. The number of hydrogen-bond acceptors (Lipinski definition) is 2. The zero-order valence-electron chi connectivity index (χ0n) is 9.97. The van der Waals surface area contributed by atoms with E-state index in [-0.39, 0.29) is 0 Å². The fraction of sp³-hybridized carbons (Fsp3) is 0.923. The highest BCUT2D eigenvalue weighted by Crippen LogP contribution is 2.27. The highest BCUT2D eigenvalue weighted by molar-refractivity contribution is 5.82. The largest absolute Gasteiger partial charge is 0.374 e. The van der Waals surface area contributed by atoms with Crippen molar-refractivity contribution in [3.8, 4) is 0 Å². The molecule has 0 radical (unpaired) electrons. The van der Waals surface area contributed by atoms with Crippen molar-refractivity contribution in [2.45, 2.75) is 51.9 Å². The molecule has 1 aliphatic heterocycles. The van der Waals surface area contributed by atoms with Crippen LogP contribution in [0.15, 0.2) is 4.99 Å². The Kier molecular flexibility index (Phi) is 4.04. The average Bonchev–Trinajstić information content (AvgIpc) is 2.28. The van der Waals surface area contributed by atoms with Crippen LogP contribution in [0.25, 0.3) is 0 Å². The molecule has 15 heavy (non-hydrogen) atoms. The van der Waals surface area contributed by atoms with E-state index in [2.05, 4.69) is 17.2 Å². The normalized spacial score (nSPS) is 32.2. The van der Waals surface area contributed by atoms with Gasteiger partial charge in [-0.05, 0) is 37.5 Å². The lowest BCUT2D eigenvalue weighted by Gasteiger charge is -2.27. The van der Waals surface area contributed by atoms with E-state index in [1.807, 2.05) is 0 Å². The Morgan fingerprint density at radius 3 is 2.93 bits per heavy atom. The fourth-order valence-electron chi connectivity index (χ4n) is 2.85. The SMILES string of the molecule is CC1CCCC(CNC2=NCCCC2)C1. The second kappa shape index (κ2) is 5.53. The Bertz CT molecular complexity index is 223. The molecule has 0 spiro atoms. The number of rotatable bonds is 2. The Hall–Kier alpha value is -0.530. The molecule has 0 aromatic rings. The van der Waals surface area contributed by atoms with Crippen LogP contribution < -0.4 is 5.32 Å². The third kappa shape index (κ3) is 3.51. The van der Waals surface area contributed by atoms with Gasteiger partial charge >= 0.3 is 0 Å². The molecule has 0 aromatic heterocycles. The van der Waals surface area contributed by atoms with Crippen LogP contribution in [0.3, 0.4) is 0 Å². The minimum atomic E-state index is 0.901. The second-order valence-corrected chi connectivity index (χ2v) is 5.30. The molecule has 0 saturated heterocycles. The summed E-state index contributed by atoms with van der Waals surface area (Å²) in [7, 11) is 0. The topological polar surface area (TPSA) is 24.4 Å². The van der Waals surface area contributed by atoms with E-state index < -0.39 is 0 Å². The summed E-state index contributed by atoms with van der Waals surface area (Å²) >= 11 is 0. The van der Waals surface area contributed by atoms with Crippen LogP contribution in [-0.4, -0.2) is 18.9 Å². The summed E-state index contributed by atoms with van der Waals surface area (Å²) in [5.74, 6) is 3.12. The van der Waals surface area contributed by atoms with Gasteiger partial charge < -0.3 is 5.32 Å². The summed E-state index contributed by atoms with van der Waals surface area (Å²) < 4.78 is 0. The lowest BCUT2D eigenvalue weighted by atomic mass is 9.82. The predicted octanol–water partition coefficient (Wildman–Crippen LogP) is 2.98. The van der Waals surface area contributed by atoms with Gasteiger partial charge in [0.1, 0.15) is 0 Å². The lowest BCUT2D eigenvalue weighted by molar-refractivity contribution is 0.282. The minimum Gasteiger partial charge on any atom is -0.374 e. The molecule has 1 saturated carbocycles. The van der Waals surface area contributed by atoms with Crippen LogP contribution in [0.1, 0.15) is 51.9 Å². The average molecular weight is 208 g/mol. The van der Waals surface area contributed by atoms with Crippen LogP contribution in [0.5, 0.6) is 0 Å². The molecule has 1 heterocycles. The Labute approximate surface area is 93.6 Å². The summed E-state index contributed by atoms with van der Waals surface area (Å²) in [6, 6.07) is 0. The van der Waals surface area contributed by atoms with Gasteiger partial charge in [0.15, 0.2) is 0 Å². The van der Waals surface area contributed by atoms with Crippen molar-refractivity contribution < 1.29 is 0 Å². The van der Waals surface area contributed by atoms with Gasteiger partial charge in [-0.1, -0.05) is 19.8 Å². The van der Waals surface area contributed by atoms with Gasteiger partial charge in [0.05, 0.1) is 5.84 Å². The standard InChI is InChI=1S/C13H24N2/c1-11-5-4-6-12(9-11)10-15-13-7-2-3-8-14-13/h11-12H,2-10H2,1H3,(H,14,15). The number of nitrogens with zero attached hydrogens (tertiary/aromatic N) is 1. The molecule has 2 nitrogen and oxygen atoms in total. The molecule has 0 aromatic carbocycles. The summed E-state index contributed by atoms with van der Waals surface area (Å²) in [6.45, 7) is 4.61. The maximum absolute atomic E-state index is 4.54. The molecule has 2 rings (SSSR count). The van der Waals surface area contributed by atoms with Gasteiger partial charge in [-0.3, -0.25) is 4.99 Å². The van der Waals surface area contributed by atoms with Crippen molar-refractivity contribution in [1.29, 1.82) is 0 Å². The van der Waals surface area contributed by atoms with Crippen molar-refractivity contribution in [1.82, 2.24) is 5.32 Å². The molecule has 0 bridgehead atoms. The molecule has 2 unspecified atom stereocenters.